The normalized spacial score (nSPS) is 11.2. The molecule has 0 spiro atoms. The lowest BCUT2D eigenvalue weighted by molar-refractivity contribution is -0.142. The van der Waals surface area contributed by atoms with Gasteiger partial charge < -0.3 is 26.2 Å². The Labute approximate surface area is 181 Å². The molecule has 1 amide bonds. The molecule has 2 rings (SSSR count). The predicted molar refractivity (Wildman–Crippen MR) is 116 cm³/mol. The molecule has 0 unspecified atom stereocenters. The fraction of sp³-hybridized carbons (Fsp3) is 0.400. The molecule has 1 aromatic carbocycles. The van der Waals surface area contributed by atoms with E-state index in [0.717, 1.165) is 18.4 Å². The minimum Gasteiger partial charge on any atom is -0.508 e. The highest BCUT2D eigenvalue weighted by atomic mass is 35.5. The van der Waals surface area contributed by atoms with Crippen LogP contribution in [0.15, 0.2) is 24.3 Å². The number of nitrogens with one attached hydrogen (secondary N) is 2. The van der Waals surface area contributed by atoms with E-state index in [2.05, 4.69) is 25.3 Å². The van der Waals surface area contributed by atoms with Crippen molar-refractivity contribution < 1.29 is 19.4 Å². The fourth-order valence-electron chi connectivity index (χ4n) is 2.92. The number of halogens is 1. The van der Waals surface area contributed by atoms with E-state index in [9.17, 15) is 14.7 Å². The third kappa shape index (κ3) is 6.85. The van der Waals surface area contributed by atoms with Crippen LogP contribution < -0.4 is 16.4 Å². The van der Waals surface area contributed by atoms with E-state index in [4.69, 9.17) is 5.73 Å². The van der Waals surface area contributed by atoms with E-state index in [-0.39, 0.29) is 24.7 Å². The molecule has 10 heteroatoms. The van der Waals surface area contributed by atoms with Crippen LogP contribution in [0.4, 0.5) is 5.95 Å². The van der Waals surface area contributed by atoms with E-state index < -0.39 is 17.9 Å². The van der Waals surface area contributed by atoms with Gasteiger partial charge in [0.1, 0.15) is 11.8 Å². The number of benzene rings is 1. The molecule has 0 aliphatic rings. The topological polar surface area (TPSA) is 139 Å². The number of esters is 1. The first-order chi connectivity index (χ1) is 13.8. The van der Waals surface area contributed by atoms with Crippen molar-refractivity contribution in [3.05, 3.63) is 46.8 Å². The van der Waals surface area contributed by atoms with Gasteiger partial charge in [-0.05, 0) is 44.4 Å². The van der Waals surface area contributed by atoms with Crippen LogP contribution in [0, 0.1) is 13.8 Å². The Morgan fingerprint density at radius 3 is 2.47 bits per heavy atom. The summed E-state index contributed by atoms with van der Waals surface area (Å²) in [4.78, 5) is 32.8. The number of anilines is 1. The average molecular weight is 438 g/mol. The van der Waals surface area contributed by atoms with Gasteiger partial charge in [0.05, 0.1) is 24.1 Å². The zero-order chi connectivity index (χ0) is 21.4. The van der Waals surface area contributed by atoms with Crippen LogP contribution in [0.25, 0.3) is 0 Å². The van der Waals surface area contributed by atoms with Crippen LogP contribution in [0.5, 0.6) is 5.75 Å². The van der Waals surface area contributed by atoms with Gasteiger partial charge in [0, 0.05) is 13.1 Å². The molecule has 0 radical (unpaired) electrons. The van der Waals surface area contributed by atoms with Gasteiger partial charge >= 0.3 is 5.97 Å². The van der Waals surface area contributed by atoms with Gasteiger partial charge in [0.2, 0.25) is 5.95 Å². The van der Waals surface area contributed by atoms with Crippen LogP contribution in [0.2, 0.25) is 0 Å². The Bertz CT molecular complexity index is 855. The molecule has 1 heterocycles. The summed E-state index contributed by atoms with van der Waals surface area (Å²) in [6, 6.07) is 6.22. The van der Waals surface area contributed by atoms with Gasteiger partial charge in [-0.1, -0.05) is 12.1 Å². The lowest BCUT2D eigenvalue weighted by Crippen LogP contribution is -2.46. The van der Waals surface area contributed by atoms with Crippen molar-refractivity contribution in [1.29, 1.82) is 0 Å². The number of methoxy groups -OCH3 is 1. The smallest absolute Gasteiger partial charge is 0.329 e. The molecule has 1 atom stereocenters. The number of hydrogen-bond donors (Lipinski definition) is 4. The van der Waals surface area contributed by atoms with E-state index in [1.807, 2.05) is 12.1 Å². The summed E-state index contributed by atoms with van der Waals surface area (Å²) in [5, 5.41) is 15.2. The number of rotatable bonds is 9. The van der Waals surface area contributed by atoms with Crippen LogP contribution in [-0.2, 0) is 16.0 Å². The second-order valence-electron chi connectivity index (χ2n) is 6.58. The largest absolute Gasteiger partial charge is 0.508 e. The fourth-order valence-corrected chi connectivity index (χ4v) is 2.92. The second kappa shape index (κ2) is 11.9. The highest BCUT2D eigenvalue weighted by molar-refractivity contribution is 5.98. The number of aromatic hydroxyl groups is 1. The summed E-state index contributed by atoms with van der Waals surface area (Å²) >= 11 is 0. The second-order valence-corrected chi connectivity index (χ2v) is 6.58. The van der Waals surface area contributed by atoms with Crippen molar-refractivity contribution in [2.75, 3.05) is 25.5 Å². The molecule has 0 bridgehead atoms. The number of ether oxygens (including phenoxy) is 1. The molecule has 5 N–H and O–H groups in total. The molecule has 2 aromatic rings. The summed E-state index contributed by atoms with van der Waals surface area (Å²) in [5.41, 5.74) is 7.86. The van der Waals surface area contributed by atoms with Crippen LogP contribution in [-0.4, -0.2) is 53.2 Å². The van der Waals surface area contributed by atoms with E-state index in [0.29, 0.717) is 29.4 Å². The van der Waals surface area contributed by atoms with Gasteiger partial charge in [-0.3, -0.25) is 4.79 Å². The predicted octanol–water partition coefficient (Wildman–Crippen LogP) is 1.50. The molecule has 0 saturated carbocycles. The van der Waals surface area contributed by atoms with Crippen LogP contribution in [0.3, 0.4) is 0 Å². The Hall–Kier alpha value is -2.91. The average Bonchev–Trinajstić information content (AvgIpc) is 2.68. The number of carbonyl (C=O) groups excluding carboxylic acids is 2. The third-order valence-electron chi connectivity index (χ3n) is 4.36. The Balaban J connectivity index is 0.00000450. The van der Waals surface area contributed by atoms with Crippen LogP contribution >= 0.6 is 12.4 Å². The SMILES string of the molecule is COC(=O)[C@H](CN)NC(=O)c1c(C)nc(NCCCc2cccc(O)c2)nc1C.Cl. The molecule has 9 nitrogen and oxygen atoms in total. The van der Waals surface area contributed by atoms with Gasteiger partial charge in [-0.15, -0.1) is 12.4 Å². The highest BCUT2D eigenvalue weighted by Gasteiger charge is 2.23. The van der Waals surface area contributed by atoms with Crippen molar-refractivity contribution in [1.82, 2.24) is 15.3 Å². The molecule has 164 valence electrons. The van der Waals surface area contributed by atoms with Crippen molar-refractivity contribution in [3.63, 3.8) is 0 Å². The van der Waals surface area contributed by atoms with Gasteiger partial charge in [-0.2, -0.15) is 0 Å². The maximum absolute atomic E-state index is 12.5. The lowest BCUT2D eigenvalue weighted by atomic mass is 10.1. The van der Waals surface area contributed by atoms with E-state index >= 15 is 0 Å². The minimum absolute atomic E-state index is 0. The van der Waals surface area contributed by atoms with Crippen molar-refractivity contribution >= 4 is 30.2 Å². The quantitative estimate of drug-likeness (QED) is 0.342. The van der Waals surface area contributed by atoms with Gasteiger partial charge in [0.15, 0.2) is 0 Å². The Kier molecular flexibility index (Phi) is 10.00. The molecule has 0 saturated heterocycles. The van der Waals surface area contributed by atoms with Gasteiger partial charge in [-0.25, -0.2) is 14.8 Å². The van der Waals surface area contributed by atoms with Crippen molar-refractivity contribution in [2.45, 2.75) is 32.7 Å². The molecule has 0 fully saturated rings. The lowest BCUT2D eigenvalue weighted by Gasteiger charge is -2.16. The zero-order valence-corrected chi connectivity index (χ0v) is 18.1. The van der Waals surface area contributed by atoms with Crippen molar-refractivity contribution in [2.24, 2.45) is 5.73 Å². The summed E-state index contributed by atoms with van der Waals surface area (Å²) in [5.74, 6) is -0.405. The van der Waals surface area contributed by atoms with Crippen LogP contribution in [0.1, 0.15) is 33.7 Å². The number of aromatic nitrogens is 2. The molecular weight excluding hydrogens is 410 g/mol. The minimum atomic E-state index is -0.929. The first kappa shape index (κ1) is 25.1. The molecule has 30 heavy (non-hydrogen) atoms. The summed E-state index contributed by atoms with van der Waals surface area (Å²) < 4.78 is 4.62. The number of hydrogen-bond acceptors (Lipinski definition) is 8. The number of carbonyl (C=O) groups is 2. The maximum atomic E-state index is 12.5. The highest BCUT2D eigenvalue weighted by Crippen LogP contribution is 2.14. The van der Waals surface area contributed by atoms with Gasteiger partial charge in [0.25, 0.3) is 5.91 Å². The number of nitrogens with zero attached hydrogens (tertiary/aromatic N) is 2. The summed E-state index contributed by atoms with van der Waals surface area (Å²) in [7, 11) is 1.23. The number of phenols is 1. The molecule has 0 aliphatic heterocycles. The summed E-state index contributed by atoms with van der Waals surface area (Å²) in [6.07, 6.45) is 1.62. The standard InChI is InChI=1S/C20H27N5O4.ClH/c1-12-17(18(27)25-16(11-21)19(28)29-3)13(2)24-20(23-12)22-9-5-7-14-6-4-8-15(26)10-14;/h4,6,8,10,16,26H,5,7,9,11,21H2,1-3H3,(H,25,27)(H,22,23,24);1H/t16-;/m0./s1. The molecule has 1 aromatic heterocycles. The zero-order valence-electron chi connectivity index (χ0n) is 17.3. The molecule has 0 aliphatic carbocycles. The first-order valence-corrected chi connectivity index (χ1v) is 9.31. The number of amides is 1. The third-order valence-corrected chi connectivity index (χ3v) is 4.36. The Morgan fingerprint density at radius 1 is 1.23 bits per heavy atom. The number of nitrogens with two attached hydrogens (primary N) is 1. The molecular formula is C20H28ClN5O4. The number of phenolic OH excluding ortho intramolecular Hbond substituents is 1. The van der Waals surface area contributed by atoms with Crippen molar-refractivity contribution in [3.8, 4) is 5.75 Å². The maximum Gasteiger partial charge on any atom is 0.329 e. The first-order valence-electron chi connectivity index (χ1n) is 9.31. The monoisotopic (exact) mass is 437 g/mol. The van der Waals surface area contributed by atoms with E-state index in [1.165, 1.54) is 7.11 Å². The van der Waals surface area contributed by atoms with E-state index in [1.54, 1.807) is 26.0 Å². The Morgan fingerprint density at radius 2 is 1.90 bits per heavy atom. The number of aryl methyl sites for hydroxylation is 3. The summed E-state index contributed by atoms with van der Waals surface area (Å²) in [6.45, 7) is 3.97.